The monoisotopic (exact) mass is 435 g/mol. The van der Waals surface area contributed by atoms with E-state index in [9.17, 15) is 4.79 Å². The molecule has 0 spiro atoms. The summed E-state index contributed by atoms with van der Waals surface area (Å²) in [6.07, 6.45) is 0. The van der Waals surface area contributed by atoms with E-state index in [1.54, 1.807) is 6.92 Å². The Morgan fingerprint density at radius 1 is 0.969 bits per heavy atom. The zero-order valence-corrected chi connectivity index (χ0v) is 18.4. The van der Waals surface area contributed by atoms with Gasteiger partial charge in [0, 0.05) is 31.7 Å². The Hall–Kier alpha value is -3.37. The highest BCUT2D eigenvalue weighted by molar-refractivity contribution is 5.81. The van der Waals surface area contributed by atoms with Gasteiger partial charge in [-0.2, -0.15) is 10.1 Å². The van der Waals surface area contributed by atoms with E-state index in [4.69, 9.17) is 9.05 Å². The smallest absolute Gasteiger partial charge is 0.298 e. The number of aromatic nitrogens is 5. The maximum absolute atomic E-state index is 12.7. The van der Waals surface area contributed by atoms with Crippen LogP contribution in [0.4, 0.5) is 0 Å². The van der Waals surface area contributed by atoms with Crippen molar-refractivity contribution in [2.45, 2.75) is 34.0 Å². The van der Waals surface area contributed by atoms with Crippen LogP contribution >= 0.6 is 0 Å². The molecule has 0 atom stereocenters. The number of hydrogen-bond acceptors (Lipinski definition) is 9. The maximum atomic E-state index is 12.7. The fourth-order valence-corrected chi connectivity index (χ4v) is 4.16. The Kier molecular flexibility index (Phi) is 5.32. The summed E-state index contributed by atoms with van der Waals surface area (Å²) in [6.45, 7) is 10.0. The number of hydrogen-bond donors (Lipinski definition) is 0. The molecule has 1 aliphatic rings. The van der Waals surface area contributed by atoms with Crippen molar-refractivity contribution in [2.75, 3.05) is 26.2 Å². The van der Waals surface area contributed by atoms with Gasteiger partial charge in [-0.3, -0.25) is 14.6 Å². The molecule has 10 heteroatoms. The largest absolute Gasteiger partial charge is 0.360 e. The van der Waals surface area contributed by atoms with Crippen molar-refractivity contribution in [1.82, 2.24) is 34.9 Å². The van der Waals surface area contributed by atoms with Crippen LogP contribution < -0.4 is 5.56 Å². The van der Waals surface area contributed by atoms with Crippen LogP contribution in [-0.2, 0) is 13.2 Å². The lowest BCUT2D eigenvalue weighted by atomic mass is 10.1. The number of rotatable bonds is 5. The van der Waals surface area contributed by atoms with Gasteiger partial charge in [0.05, 0.1) is 24.3 Å². The zero-order chi connectivity index (χ0) is 22.2. The summed E-state index contributed by atoms with van der Waals surface area (Å²) in [4.78, 5) is 21.8. The zero-order valence-electron chi connectivity index (χ0n) is 18.4. The highest BCUT2D eigenvalue weighted by Crippen LogP contribution is 2.20. The standard InChI is InChI=1S/C22H25N7O3/c1-14-6-4-5-7-17(14)21-23-18(32-26-21)12-27-8-10-28(11-9-27)13-29-22(30)20-19(15(2)24-29)16(3)31-25-20/h4-7H,8-13H2,1-3H3. The number of benzene rings is 1. The Balaban J connectivity index is 1.21. The van der Waals surface area contributed by atoms with E-state index < -0.39 is 0 Å². The average molecular weight is 435 g/mol. The molecule has 4 aromatic rings. The van der Waals surface area contributed by atoms with E-state index >= 15 is 0 Å². The number of aryl methyl sites for hydroxylation is 3. The van der Waals surface area contributed by atoms with Crippen molar-refractivity contribution >= 4 is 10.9 Å². The molecule has 0 N–H and O–H groups in total. The van der Waals surface area contributed by atoms with Crippen molar-refractivity contribution in [3.63, 3.8) is 0 Å². The van der Waals surface area contributed by atoms with Crippen LogP contribution in [-0.4, -0.2) is 61.1 Å². The molecule has 4 heterocycles. The van der Waals surface area contributed by atoms with Crippen LogP contribution in [0.25, 0.3) is 22.3 Å². The van der Waals surface area contributed by atoms with E-state index in [0.717, 1.165) is 43.0 Å². The normalized spacial score (nSPS) is 15.6. The van der Waals surface area contributed by atoms with E-state index in [2.05, 4.69) is 30.2 Å². The summed E-state index contributed by atoms with van der Waals surface area (Å²) >= 11 is 0. The van der Waals surface area contributed by atoms with Crippen molar-refractivity contribution in [3.8, 4) is 11.4 Å². The van der Waals surface area contributed by atoms with E-state index in [0.29, 0.717) is 41.6 Å². The fourth-order valence-electron chi connectivity index (χ4n) is 4.16. The molecule has 10 nitrogen and oxygen atoms in total. The molecule has 166 valence electrons. The summed E-state index contributed by atoms with van der Waals surface area (Å²) < 4.78 is 12.1. The summed E-state index contributed by atoms with van der Waals surface area (Å²) in [5, 5.41) is 13.2. The first-order valence-corrected chi connectivity index (χ1v) is 10.7. The molecule has 0 aliphatic carbocycles. The second-order valence-corrected chi connectivity index (χ2v) is 8.21. The molecule has 5 rings (SSSR count). The van der Waals surface area contributed by atoms with Crippen LogP contribution in [0.5, 0.6) is 0 Å². The first kappa shape index (κ1) is 20.5. The molecule has 0 unspecified atom stereocenters. The van der Waals surface area contributed by atoms with Crippen LogP contribution in [0.2, 0.25) is 0 Å². The molecule has 0 amide bonds. The lowest BCUT2D eigenvalue weighted by Crippen LogP contribution is -2.47. The Morgan fingerprint density at radius 2 is 1.72 bits per heavy atom. The van der Waals surface area contributed by atoms with Gasteiger partial charge in [0.25, 0.3) is 5.56 Å². The minimum atomic E-state index is -0.223. The predicted molar refractivity (Wildman–Crippen MR) is 117 cm³/mol. The molecule has 32 heavy (non-hydrogen) atoms. The highest BCUT2D eigenvalue weighted by atomic mass is 16.5. The summed E-state index contributed by atoms with van der Waals surface area (Å²) in [5.74, 6) is 1.85. The van der Waals surface area contributed by atoms with Crippen molar-refractivity contribution in [1.29, 1.82) is 0 Å². The third kappa shape index (κ3) is 3.82. The van der Waals surface area contributed by atoms with Crippen molar-refractivity contribution in [2.24, 2.45) is 0 Å². The van der Waals surface area contributed by atoms with Gasteiger partial charge >= 0.3 is 0 Å². The van der Waals surface area contributed by atoms with Gasteiger partial charge < -0.3 is 9.05 Å². The molecule has 3 aromatic heterocycles. The van der Waals surface area contributed by atoms with E-state index in [-0.39, 0.29) is 5.56 Å². The summed E-state index contributed by atoms with van der Waals surface area (Å²) in [5.41, 5.74) is 2.97. The second kappa shape index (κ2) is 8.29. The minimum Gasteiger partial charge on any atom is -0.360 e. The third-order valence-corrected chi connectivity index (χ3v) is 5.94. The minimum absolute atomic E-state index is 0.223. The molecule has 0 bridgehead atoms. The average Bonchev–Trinajstić information content (AvgIpc) is 3.40. The van der Waals surface area contributed by atoms with Crippen LogP contribution in [0.15, 0.2) is 38.1 Å². The number of piperazine rings is 1. The molecule has 1 aliphatic heterocycles. The van der Waals surface area contributed by atoms with Crippen molar-refractivity contribution < 1.29 is 9.05 Å². The molecular formula is C22H25N7O3. The van der Waals surface area contributed by atoms with Crippen LogP contribution in [0.3, 0.4) is 0 Å². The van der Waals surface area contributed by atoms with Gasteiger partial charge in [-0.15, -0.1) is 0 Å². The second-order valence-electron chi connectivity index (χ2n) is 8.21. The first-order valence-electron chi connectivity index (χ1n) is 10.7. The van der Waals surface area contributed by atoms with Gasteiger partial charge in [0.15, 0.2) is 5.52 Å². The van der Waals surface area contributed by atoms with Gasteiger partial charge in [0.2, 0.25) is 11.7 Å². The van der Waals surface area contributed by atoms with Gasteiger partial charge in [-0.1, -0.05) is 34.6 Å². The molecule has 1 aromatic carbocycles. The molecular weight excluding hydrogens is 410 g/mol. The van der Waals surface area contributed by atoms with Gasteiger partial charge in [0.1, 0.15) is 5.76 Å². The van der Waals surface area contributed by atoms with Crippen LogP contribution in [0.1, 0.15) is 22.9 Å². The lowest BCUT2D eigenvalue weighted by molar-refractivity contribution is 0.0899. The summed E-state index contributed by atoms with van der Waals surface area (Å²) in [6, 6.07) is 8.00. The topological polar surface area (TPSA) is 106 Å². The summed E-state index contributed by atoms with van der Waals surface area (Å²) in [7, 11) is 0. The highest BCUT2D eigenvalue weighted by Gasteiger charge is 2.22. The lowest BCUT2D eigenvalue weighted by Gasteiger charge is -2.33. The fraction of sp³-hybridized carbons (Fsp3) is 0.409. The predicted octanol–water partition coefficient (Wildman–Crippen LogP) is 2.14. The van der Waals surface area contributed by atoms with Gasteiger partial charge in [-0.05, 0) is 26.3 Å². The molecule has 1 fully saturated rings. The van der Waals surface area contributed by atoms with Crippen molar-refractivity contribution in [3.05, 3.63) is 57.5 Å². The number of fused-ring (bicyclic) bond motifs is 1. The van der Waals surface area contributed by atoms with Gasteiger partial charge in [-0.25, -0.2) is 4.68 Å². The molecule has 1 saturated heterocycles. The van der Waals surface area contributed by atoms with E-state index in [1.165, 1.54) is 4.68 Å². The molecule has 0 saturated carbocycles. The number of nitrogens with zero attached hydrogens (tertiary/aromatic N) is 7. The Morgan fingerprint density at radius 3 is 2.50 bits per heavy atom. The first-order chi connectivity index (χ1) is 15.5. The Labute approximate surface area is 184 Å². The third-order valence-electron chi connectivity index (χ3n) is 5.94. The van der Waals surface area contributed by atoms with Crippen LogP contribution in [0, 0.1) is 20.8 Å². The Bertz CT molecular complexity index is 1310. The molecule has 0 radical (unpaired) electrons. The van der Waals surface area contributed by atoms with E-state index in [1.807, 2.05) is 38.1 Å². The maximum Gasteiger partial charge on any atom is 0.298 e. The quantitative estimate of drug-likeness (QED) is 0.466. The SMILES string of the molecule is Cc1ccccc1-c1noc(CN2CCN(Cn3nc(C)c4c(C)onc4c3=O)CC2)n1.